The number of carboxylic acid groups (broad SMARTS) is 1. The van der Waals surface area contributed by atoms with Crippen molar-refractivity contribution < 1.29 is 18.3 Å². The molecule has 110 valence electrons. The summed E-state index contributed by atoms with van der Waals surface area (Å²) in [5, 5.41) is 17.7. The molecule has 0 saturated heterocycles. The summed E-state index contributed by atoms with van der Waals surface area (Å²) in [5.41, 5.74) is 0. The largest absolute Gasteiger partial charge is 0.480 e. The maximum absolute atomic E-state index is 12.1. The van der Waals surface area contributed by atoms with E-state index >= 15 is 0 Å². The second-order valence-electron chi connectivity index (χ2n) is 4.66. The Hall–Kier alpha value is -1.17. The van der Waals surface area contributed by atoms with Gasteiger partial charge in [0, 0.05) is 13.1 Å². The van der Waals surface area contributed by atoms with Crippen molar-refractivity contribution in [2.75, 3.05) is 13.1 Å². The van der Waals surface area contributed by atoms with Crippen LogP contribution in [0, 0.1) is 23.2 Å². The lowest BCUT2D eigenvalue weighted by molar-refractivity contribution is -0.140. The second-order valence-corrected chi connectivity index (χ2v) is 6.37. The van der Waals surface area contributed by atoms with Gasteiger partial charge in [0.1, 0.15) is 6.04 Å². The Balaban J connectivity index is 5.03. The van der Waals surface area contributed by atoms with Gasteiger partial charge in [0.15, 0.2) is 0 Å². The first kappa shape index (κ1) is 17.8. The molecule has 0 aliphatic rings. The van der Waals surface area contributed by atoms with Gasteiger partial charge in [-0.05, 0) is 12.8 Å². The fourth-order valence-corrected chi connectivity index (χ4v) is 3.05. The average molecular weight is 291 g/mol. The van der Waals surface area contributed by atoms with Crippen LogP contribution in [0.4, 0.5) is 0 Å². The second kappa shape index (κ2) is 7.43. The number of nitriles is 1. The third-order valence-electron chi connectivity index (χ3n) is 2.60. The minimum atomic E-state index is -3.92. The van der Waals surface area contributed by atoms with Crippen LogP contribution in [0.1, 0.15) is 27.7 Å². The summed E-state index contributed by atoms with van der Waals surface area (Å²) < 4.78 is 27.4. The number of hydrogen-bond acceptors (Lipinski definition) is 4. The zero-order chi connectivity index (χ0) is 15.2. The highest BCUT2D eigenvalue weighted by atomic mass is 32.2. The van der Waals surface area contributed by atoms with E-state index in [9.17, 15) is 13.2 Å². The molecule has 0 spiro atoms. The maximum Gasteiger partial charge on any atom is 0.322 e. The molecule has 0 radical (unpaired) electrons. The van der Waals surface area contributed by atoms with E-state index in [1.54, 1.807) is 27.7 Å². The van der Waals surface area contributed by atoms with Gasteiger partial charge in [-0.25, -0.2) is 0 Å². The first-order chi connectivity index (χ1) is 8.65. The highest BCUT2D eigenvalue weighted by Gasteiger charge is 2.30. The molecule has 0 aromatic carbocycles. The number of nitrogens with one attached hydrogen (secondary N) is 1. The Kier molecular flexibility index (Phi) is 6.97. The number of carbonyl (C=O) groups is 1. The maximum atomic E-state index is 12.1. The van der Waals surface area contributed by atoms with E-state index in [2.05, 4.69) is 4.72 Å². The first-order valence-corrected chi connectivity index (χ1v) is 7.49. The van der Waals surface area contributed by atoms with Crippen molar-refractivity contribution in [1.29, 1.82) is 5.26 Å². The fraction of sp³-hybridized carbons (Fsp3) is 0.818. The van der Waals surface area contributed by atoms with E-state index in [1.165, 1.54) is 0 Å². The van der Waals surface area contributed by atoms with Gasteiger partial charge in [-0.3, -0.25) is 4.79 Å². The molecule has 0 aliphatic heterocycles. The van der Waals surface area contributed by atoms with Crippen molar-refractivity contribution in [1.82, 2.24) is 9.03 Å². The summed E-state index contributed by atoms with van der Waals surface area (Å²) in [6, 6.07) is 0.767. The topological polar surface area (TPSA) is 111 Å². The van der Waals surface area contributed by atoms with E-state index < -0.39 is 28.1 Å². The molecule has 0 bridgehead atoms. The van der Waals surface area contributed by atoms with E-state index in [-0.39, 0.29) is 19.0 Å². The van der Waals surface area contributed by atoms with Gasteiger partial charge in [-0.1, -0.05) is 20.8 Å². The number of nitrogens with zero attached hydrogens (tertiary/aromatic N) is 2. The Labute approximate surface area is 114 Å². The molecule has 0 aromatic heterocycles. The Bertz CT molecular complexity index is 441. The molecular formula is C11H21N3O4S. The Morgan fingerprint density at radius 1 is 1.42 bits per heavy atom. The number of aliphatic carboxylic acids is 1. The molecule has 0 saturated carbocycles. The van der Waals surface area contributed by atoms with Crippen LogP contribution in [0.3, 0.4) is 0 Å². The quantitative estimate of drug-likeness (QED) is 0.673. The van der Waals surface area contributed by atoms with Crippen molar-refractivity contribution in [2.45, 2.75) is 33.7 Å². The van der Waals surface area contributed by atoms with Gasteiger partial charge in [0.25, 0.3) is 10.2 Å². The lowest BCUT2D eigenvalue weighted by Crippen LogP contribution is -2.51. The van der Waals surface area contributed by atoms with Crippen molar-refractivity contribution in [2.24, 2.45) is 11.8 Å². The predicted octanol–water partition coefficient (Wildman–Crippen LogP) is 0.412. The molecule has 0 aliphatic carbocycles. The minimum absolute atomic E-state index is 0.0345. The van der Waals surface area contributed by atoms with Crippen LogP contribution in [-0.4, -0.2) is 42.9 Å². The monoisotopic (exact) mass is 291 g/mol. The van der Waals surface area contributed by atoms with Crippen molar-refractivity contribution in [3.63, 3.8) is 0 Å². The van der Waals surface area contributed by atoms with Gasteiger partial charge in [0.05, 0.1) is 12.0 Å². The number of rotatable bonds is 8. The Morgan fingerprint density at radius 3 is 2.26 bits per heavy atom. The third kappa shape index (κ3) is 5.55. The zero-order valence-corrected chi connectivity index (χ0v) is 12.4. The molecule has 7 nitrogen and oxygen atoms in total. The highest BCUT2D eigenvalue weighted by Crippen LogP contribution is 2.08. The van der Waals surface area contributed by atoms with Crippen LogP contribution in [0.5, 0.6) is 0 Å². The molecule has 19 heavy (non-hydrogen) atoms. The molecular weight excluding hydrogens is 270 g/mol. The molecule has 0 rings (SSSR count). The minimum Gasteiger partial charge on any atom is -0.480 e. The molecule has 1 unspecified atom stereocenters. The Morgan fingerprint density at radius 2 is 1.95 bits per heavy atom. The normalized spacial score (nSPS) is 15.2. The van der Waals surface area contributed by atoms with Crippen LogP contribution in [0.2, 0.25) is 0 Å². The number of hydrogen-bond donors (Lipinski definition) is 2. The molecule has 2 atom stereocenters. The fourth-order valence-electron chi connectivity index (χ4n) is 1.45. The predicted molar refractivity (Wildman–Crippen MR) is 70.3 cm³/mol. The SMILES string of the molecule is CCN(CC(C)C#N)S(=O)(=O)N[C@@H](C(=O)O)C(C)C. The van der Waals surface area contributed by atoms with Crippen molar-refractivity contribution >= 4 is 16.2 Å². The highest BCUT2D eigenvalue weighted by molar-refractivity contribution is 7.87. The van der Waals surface area contributed by atoms with Crippen LogP contribution >= 0.6 is 0 Å². The van der Waals surface area contributed by atoms with Gasteiger partial charge < -0.3 is 5.11 Å². The average Bonchev–Trinajstić information content (AvgIpc) is 2.31. The summed E-state index contributed by atoms with van der Waals surface area (Å²) in [6.45, 7) is 6.69. The van der Waals surface area contributed by atoms with Crippen LogP contribution in [0.15, 0.2) is 0 Å². The van der Waals surface area contributed by atoms with E-state index in [1.807, 2.05) is 6.07 Å². The zero-order valence-electron chi connectivity index (χ0n) is 11.6. The van der Waals surface area contributed by atoms with Crippen LogP contribution in [0.25, 0.3) is 0 Å². The molecule has 2 N–H and O–H groups in total. The molecule has 0 fully saturated rings. The lowest BCUT2D eigenvalue weighted by Gasteiger charge is -2.25. The molecule has 8 heteroatoms. The van der Waals surface area contributed by atoms with E-state index in [0.29, 0.717) is 0 Å². The lowest BCUT2D eigenvalue weighted by atomic mass is 10.1. The third-order valence-corrected chi connectivity index (χ3v) is 4.24. The standard InChI is InChI=1S/C11H21N3O4S/c1-5-14(7-9(4)6-12)19(17,18)13-10(8(2)3)11(15)16/h8-10,13H,5,7H2,1-4H3,(H,15,16)/t9?,10-/m1/s1. The van der Waals surface area contributed by atoms with Gasteiger partial charge in [0.2, 0.25) is 0 Å². The molecule has 0 amide bonds. The molecule has 0 aromatic rings. The van der Waals surface area contributed by atoms with Crippen molar-refractivity contribution in [3.05, 3.63) is 0 Å². The summed E-state index contributed by atoms with van der Waals surface area (Å²) >= 11 is 0. The van der Waals surface area contributed by atoms with Crippen molar-refractivity contribution in [3.8, 4) is 6.07 Å². The van der Waals surface area contributed by atoms with Gasteiger partial charge in [-0.2, -0.15) is 22.7 Å². The van der Waals surface area contributed by atoms with Crippen LogP contribution < -0.4 is 4.72 Å². The summed E-state index contributed by atoms with van der Waals surface area (Å²) in [7, 11) is -3.92. The van der Waals surface area contributed by atoms with E-state index in [4.69, 9.17) is 10.4 Å². The summed E-state index contributed by atoms with van der Waals surface area (Å²) in [5.74, 6) is -2.05. The number of carboxylic acids is 1. The summed E-state index contributed by atoms with van der Waals surface area (Å²) in [6.07, 6.45) is 0. The summed E-state index contributed by atoms with van der Waals surface area (Å²) in [4.78, 5) is 11.0. The van der Waals surface area contributed by atoms with Crippen LogP contribution in [-0.2, 0) is 15.0 Å². The first-order valence-electron chi connectivity index (χ1n) is 6.05. The smallest absolute Gasteiger partial charge is 0.322 e. The van der Waals surface area contributed by atoms with Gasteiger partial charge in [-0.15, -0.1) is 0 Å². The molecule has 0 heterocycles. The van der Waals surface area contributed by atoms with E-state index in [0.717, 1.165) is 4.31 Å². The van der Waals surface area contributed by atoms with Gasteiger partial charge >= 0.3 is 5.97 Å².